The quantitative estimate of drug-likeness (QED) is 0.532. The van der Waals surface area contributed by atoms with Crippen molar-refractivity contribution in [3.63, 3.8) is 0 Å². The molecule has 0 N–H and O–H groups in total. The van der Waals surface area contributed by atoms with E-state index in [1.165, 1.54) is 4.68 Å². The minimum absolute atomic E-state index is 0.0131. The average molecular weight is 359 g/mol. The number of likely N-dealkylation sites (N-methyl/N-ethyl adjacent to an activating group) is 1. The van der Waals surface area contributed by atoms with E-state index in [0.29, 0.717) is 24.5 Å². The summed E-state index contributed by atoms with van der Waals surface area (Å²) in [6.07, 6.45) is 0. The van der Waals surface area contributed by atoms with Gasteiger partial charge in [0.2, 0.25) is 5.91 Å². The summed E-state index contributed by atoms with van der Waals surface area (Å²) >= 11 is 0. The van der Waals surface area contributed by atoms with Crippen molar-refractivity contribution >= 4 is 11.6 Å². The van der Waals surface area contributed by atoms with E-state index in [0.717, 1.165) is 12.1 Å². The fourth-order valence-corrected chi connectivity index (χ4v) is 2.75. The Kier molecular flexibility index (Phi) is 6.46. The Balaban J connectivity index is 2.18. The molecule has 8 nitrogen and oxygen atoms in total. The first-order valence-electron chi connectivity index (χ1n) is 8.44. The number of nitrogens with zero attached hydrogens (tertiary/aromatic N) is 5. The monoisotopic (exact) mass is 359 g/mol. The van der Waals surface area contributed by atoms with Gasteiger partial charge in [0.05, 0.1) is 4.92 Å². The lowest BCUT2D eigenvalue weighted by molar-refractivity contribution is -0.386. The van der Waals surface area contributed by atoms with Gasteiger partial charge in [0.1, 0.15) is 17.9 Å². The van der Waals surface area contributed by atoms with E-state index >= 15 is 0 Å². The number of hydrogen-bond acceptors (Lipinski definition) is 5. The molecule has 1 amide bonds. The van der Waals surface area contributed by atoms with Gasteiger partial charge >= 0.3 is 5.69 Å². The fraction of sp³-hybridized carbons (Fsp3) is 0.444. The van der Waals surface area contributed by atoms with Crippen molar-refractivity contribution in [1.29, 1.82) is 0 Å². The van der Waals surface area contributed by atoms with Gasteiger partial charge in [-0.2, -0.15) is 5.10 Å². The first-order valence-corrected chi connectivity index (χ1v) is 8.44. The summed E-state index contributed by atoms with van der Waals surface area (Å²) < 4.78 is 1.42. The topological polar surface area (TPSA) is 84.5 Å². The summed E-state index contributed by atoms with van der Waals surface area (Å²) in [4.78, 5) is 27.3. The molecule has 1 aromatic heterocycles. The van der Waals surface area contributed by atoms with Crippen LogP contribution in [-0.2, 0) is 17.9 Å². The Labute approximate surface area is 153 Å². The van der Waals surface area contributed by atoms with Gasteiger partial charge in [-0.05, 0) is 33.5 Å². The average Bonchev–Trinajstić information content (AvgIpc) is 2.85. The number of nitro groups is 1. The van der Waals surface area contributed by atoms with Crippen molar-refractivity contribution in [2.24, 2.45) is 0 Å². The summed E-state index contributed by atoms with van der Waals surface area (Å²) in [6.45, 7) is 4.99. The minimum atomic E-state index is -0.452. The van der Waals surface area contributed by atoms with E-state index in [-0.39, 0.29) is 18.1 Å². The highest BCUT2D eigenvalue weighted by atomic mass is 16.6. The lowest BCUT2D eigenvalue weighted by Gasteiger charge is -2.25. The van der Waals surface area contributed by atoms with Crippen molar-refractivity contribution in [2.45, 2.75) is 26.9 Å². The zero-order valence-corrected chi connectivity index (χ0v) is 15.7. The van der Waals surface area contributed by atoms with Gasteiger partial charge in [-0.15, -0.1) is 0 Å². The van der Waals surface area contributed by atoms with Crippen molar-refractivity contribution in [3.05, 3.63) is 57.4 Å². The molecule has 0 aliphatic heterocycles. The van der Waals surface area contributed by atoms with Crippen LogP contribution >= 0.6 is 0 Å². The Hall–Kier alpha value is -2.74. The predicted molar refractivity (Wildman–Crippen MR) is 98.8 cm³/mol. The second kappa shape index (κ2) is 8.57. The standard InChI is InChI=1S/C18H25N5O3/c1-14-18(23(25)26)15(2)22(19-14)13-17(24)21(11-10-20(3)4)12-16-8-6-5-7-9-16/h5-9H,10-13H2,1-4H3. The van der Waals surface area contributed by atoms with Crippen LogP contribution in [0.2, 0.25) is 0 Å². The number of aromatic nitrogens is 2. The molecule has 26 heavy (non-hydrogen) atoms. The van der Waals surface area contributed by atoms with E-state index in [2.05, 4.69) is 5.10 Å². The van der Waals surface area contributed by atoms with Crippen LogP contribution < -0.4 is 0 Å². The molecule has 0 aliphatic rings. The van der Waals surface area contributed by atoms with Crippen LogP contribution in [0.1, 0.15) is 17.0 Å². The molecule has 0 fully saturated rings. The predicted octanol–water partition coefficient (Wildman–Crippen LogP) is 2.00. The largest absolute Gasteiger partial charge is 0.335 e. The Morgan fingerprint density at radius 3 is 2.38 bits per heavy atom. The third-order valence-corrected chi connectivity index (χ3v) is 4.20. The van der Waals surface area contributed by atoms with Gasteiger partial charge < -0.3 is 9.80 Å². The SMILES string of the molecule is Cc1nn(CC(=O)N(CCN(C)C)Cc2ccccc2)c(C)c1[N+](=O)[O-]. The number of carbonyl (C=O) groups is 1. The summed E-state index contributed by atoms with van der Waals surface area (Å²) in [5.74, 6) is -0.115. The van der Waals surface area contributed by atoms with Gasteiger partial charge in [0.25, 0.3) is 0 Å². The number of hydrogen-bond donors (Lipinski definition) is 0. The van der Waals surface area contributed by atoms with E-state index in [1.54, 1.807) is 18.7 Å². The highest BCUT2D eigenvalue weighted by Crippen LogP contribution is 2.21. The number of carbonyl (C=O) groups excluding carboxylic acids is 1. The van der Waals surface area contributed by atoms with Crippen LogP contribution in [0.15, 0.2) is 30.3 Å². The van der Waals surface area contributed by atoms with Crippen LogP contribution in [0, 0.1) is 24.0 Å². The first-order chi connectivity index (χ1) is 12.3. The second-order valence-electron chi connectivity index (χ2n) is 6.54. The highest BCUT2D eigenvalue weighted by molar-refractivity contribution is 5.76. The molecule has 1 aromatic carbocycles. The Morgan fingerprint density at radius 2 is 1.85 bits per heavy atom. The molecule has 140 valence electrons. The Morgan fingerprint density at radius 1 is 1.19 bits per heavy atom. The van der Waals surface area contributed by atoms with E-state index in [9.17, 15) is 14.9 Å². The summed E-state index contributed by atoms with van der Waals surface area (Å²) in [7, 11) is 3.91. The van der Waals surface area contributed by atoms with Crippen LogP contribution in [0.4, 0.5) is 5.69 Å². The maximum absolute atomic E-state index is 12.8. The number of amides is 1. The van der Waals surface area contributed by atoms with Crippen LogP contribution in [0.3, 0.4) is 0 Å². The maximum Gasteiger partial charge on any atom is 0.312 e. The molecular weight excluding hydrogens is 334 g/mol. The third kappa shape index (κ3) is 4.89. The molecule has 0 saturated carbocycles. The number of benzene rings is 1. The molecular formula is C18H25N5O3. The molecule has 1 heterocycles. The van der Waals surface area contributed by atoms with Crippen molar-refractivity contribution in [2.75, 3.05) is 27.2 Å². The van der Waals surface area contributed by atoms with Gasteiger partial charge in [-0.3, -0.25) is 19.6 Å². The van der Waals surface area contributed by atoms with Gasteiger partial charge in [0.15, 0.2) is 0 Å². The molecule has 0 radical (unpaired) electrons. The summed E-state index contributed by atoms with van der Waals surface area (Å²) in [6, 6.07) is 9.77. The fourth-order valence-electron chi connectivity index (χ4n) is 2.75. The van der Waals surface area contributed by atoms with E-state index < -0.39 is 4.92 Å². The minimum Gasteiger partial charge on any atom is -0.335 e. The zero-order valence-electron chi connectivity index (χ0n) is 15.7. The lowest BCUT2D eigenvalue weighted by Crippen LogP contribution is -2.38. The first kappa shape index (κ1) is 19.6. The van der Waals surface area contributed by atoms with E-state index in [4.69, 9.17) is 0 Å². The van der Waals surface area contributed by atoms with Crippen molar-refractivity contribution < 1.29 is 9.72 Å². The molecule has 0 atom stereocenters. The van der Waals surface area contributed by atoms with Gasteiger partial charge in [-0.25, -0.2) is 0 Å². The summed E-state index contributed by atoms with van der Waals surface area (Å²) in [5.41, 5.74) is 1.73. The van der Waals surface area contributed by atoms with Gasteiger partial charge in [0, 0.05) is 19.6 Å². The molecule has 2 aromatic rings. The van der Waals surface area contributed by atoms with Crippen LogP contribution in [0.5, 0.6) is 0 Å². The molecule has 0 spiro atoms. The smallest absolute Gasteiger partial charge is 0.312 e. The highest BCUT2D eigenvalue weighted by Gasteiger charge is 2.24. The van der Waals surface area contributed by atoms with Gasteiger partial charge in [-0.1, -0.05) is 30.3 Å². The lowest BCUT2D eigenvalue weighted by atomic mass is 10.2. The third-order valence-electron chi connectivity index (χ3n) is 4.20. The normalized spacial score (nSPS) is 11.0. The van der Waals surface area contributed by atoms with E-state index in [1.807, 2.05) is 49.3 Å². The van der Waals surface area contributed by atoms with Crippen molar-refractivity contribution in [1.82, 2.24) is 19.6 Å². The molecule has 8 heteroatoms. The molecule has 0 saturated heterocycles. The summed E-state index contributed by atoms with van der Waals surface area (Å²) in [5, 5.41) is 15.3. The second-order valence-corrected chi connectivity index (χ2v) is 6.54. The molecule has 0 bridgehead atoms. The molecule has 2 rings (SSSR count). The zero-order chi connectivity index (χ0) is 19.3. The van der Waals surface area contributed by atoms with Crippen LogP contribution in [0.25, 0.3) is 0 Å². The number of aryl methyl sites for hydroxylation is 1. The molecule has 0 aliphatic carbocycles. The Bertz CT molecular complexity index is 771. The number of rotatable bonds is 8. The maximum atomic E-state index is 12.8. The molecule has 0 unspecified atom stereocenters. The van der Waals surface area contributed by atoms with Crippen LogP contribution in [-0.4, -0.2) is 57.6 Å². The van der Waals surface area contributed by atoms with Crippen molar-refractivity contribution in [3.8, 4) is 0 Å².